The Hall–Kier alpha value is -1.50. The van der Waals surface area contributed by atoms with Crippen molar-refractivity contribution in [2.24, 2.45) is 0 Å². The number of nitrogens with zero attached hydrogens (tertiary/aromatic N) is 1. The van der Waals surface area contributed by atoms with Gasteiger partial charge in [-0.3, -0.25) is 4.90 Å². The standard InChI is InChI=1S/C16H23NO2/c1-13(2)17(3)12-14-8-9-16(19-4)15(11-14)7-5-6-10-18/h8-9,11,13,18H,6,10,12H2,1-4H3. The summed E-state index contributed by atoms with van der Waals surface area (Å²) in [4.78, 5) is 2.27. The molecule has 0 spiro atoms. The van der Waals surface area contributed by atoms with E-state index in [0.29, 0.717) is 12.5 Å². The Morgan fingerprint density at radius 3 is 2.68 bits per heavy atom. The summed E-state index contributed by atoms with van der Waals surface area (Å²) in [7, 11) is 3.75. The molecule has 0 aliphatic rings. The maximum atomic E-state index is 8.76. The van der Waals surface area contributed by atoms with Crippen LogP contribution in [0.4, 0.5) is 0 Å². The van der Waals surface area contributed by atoms with Gasteiger partial charge in [0.15, 0.2) is 0 Å². The maximum absolute atomic E-state index is 8.76. The van der Waals surface area contributed by atoms with Crippen LogP contribution in [0.25, 0.3) is 0 Å². The summed E-state index contributed by atoms with van der Waals surface area (Å²) in [5, 5.41) is 8.76. The maximum Gasteiger partial charge on any atom is 0.134 e. The van der Waals surface area contributed by atoms with Crippen LogP contribution < -0.4 is 4.74 Å². The van der Waals surface area contributed by atoms with Crippen LogP contribution in [0, 0.1) is 11.8 Å². The van der Waals surface area contributed by atoms with Gasteiger partial charge in [-0.05, 0) is 38.6 Å². The van der Waals surface area contributed by atoms with Gasteiger partial charge in [0, 0.05) is 19.0 Å². The smallest absolute Gasteiger partial charge is 0.134 e. The van der Waals surface area contributed by atoms with Gasteiger partial charge in [-0.15, -0.1) is 0 Å². The van der Waals surface area contributed by atoms with Crippen molar-refractivity contribution in [3.8, 4) is 17.6 Å². The van der Waals surface area contributed by atoms with Gasteiger partial charge < -0.3 is 9.84 Å². The van der Waals surface area contributed by atoms with Gasteiger partial charge >= 0.3 is 0 Å². The number of methoxy groups -OCH3 is 1. The number of benzene rings is 1. The number of rotatable bonds is 5. The van der Waals surface area contributed by atoms with Gasteiger partial charge in [-0.1, -0.05) is 17.9 Å². The van der Waals surface area contributed by atoms with Gasteiger partial charge in [-0.2, -0.15) is 0 Å². The molecule has 19 heavy (non-hydrogen) atoms. The molecule has 0 bridgehead atoms. The highest BCUT2D eigenvalue weighted by Gasteiger charge is 2.07. The van der Waals surface area contributed by atoms with E-state index in [4.69, 9.17) is 9.84 Å². The molecule has 0 atom stereocenters. The first kappa shape index (κ1) is 15.6. The highest BCUT2D eigenvalue weighted by Crippen LogP contribution is 2.20. The van der Waals surface area contributed by atoms with Gasteiger partial charge in [-0.25, -0.2) is 0 Å². The molecule has 1 N–H and O–H groups in total. The zero-order chi connectivity index (χ0) is 14.3. The molecule has 104 valence electrons. The molecule has 1 aromatic rings. The van der Waals surface area contributed by atoms with Crippen molar-refractivity contribution in [1.29, 1.82) is 0 Å². The fraction of sp³-hybridized carbons (Fsp3) is 0.500. The predicted octanol–water partition coefficient (Wildman–Crippen LogP) is 2.27. The molecule has 3 nitrogen and oxygen atoms in total. The normalized spacial score (nSPS) is 10.5. The summed E-state index contributed by atoms with van der Waals surface area (Å²) in [5.74, 6) is 6.77. The van der Waals surface area contributed by atoms with Crippen LogP contribution >= 0.6 is 0 Å². The zero-order valence-corrected chi connectivity index (χ0v) is 12.2. The van der Waals surface area contributed by atoms with Crippen LogP contribution in [0.5, 0.6) is 5.75 Å². The molecule has 0 saturated carbocycles. The van der Waals surface area contributed by atoms with Crippen LogP contribution in [0.1, 0.15) is 31.4 Å². The zero-order valence-electron chi connectivity index (χ0n) is 12.2. The number of hydrogen-bond donors (Lipinski definition) is 1. The monoisotopic (exact) mass is 261 g/mol. The highest BCUT2D eigenvalue weighted by molar-refractivity contribution is 5.48. The first-order valence-corrected chi connectivity index (χ1v) is 6.55. The Balaban J connectivity index is 2.92. The van der Waals surface area contributed by atoms with E-state index in [-0.39, 0.29) is 6.61 Å². The fourth-order valence-corrected chi connectivity index (χ4v) is 1.64. The summed E-state index contributed by atoms with van der Waals surface area (Å²) < 4.78 is 5.30. The van der Waals surface area contributed by atoms with Crippen molar-refractivity contribution in [3.05, 3.63) is 29.3 Å². The predicted molar refractivity (Wildman–Crippen MR) is 78.2 cm³/mol. The average molecular weight is 261 g/mol. The molecule has 0 aromatic heterocycles. The SMILES string of the molecule is COc1ccc(CN(C)C(C)C)cc1C#CCCO. The summed E-state index contributed by atoms with van der Waals surface area (Å²) >= 11 is 0. The first-order valence-electron chi connectivity index (χ1n) is 6.55. The second-order valence-electron chi connectivity index (χ2n) is 4.82. The Kier molecular flexibility index (Phi) is 6.41. The number of aliphatic hydroxyl groups is 1. The molecule has 1 aromatic carbocycles. The third kappa shape index (κ3) is 4.94. The summed E-state index contributed by atoms with van der Waals surface area (Å²) in [6.07, 6.45) is 0.485. The Morgan fingerprint density at radius 2 is 2.11 bits per heavy atom. The van der Waals surface area contributed by atoms with Crippen LogP contribution in [-0.4, -0.2) is 36.8 Å². The van der Waals surface area contributed by atoms with Crippen LogP contribution in [0.2, 0.25) is 0 Å². The minimum absolute atomic E-state index is 0.0884. The second-order valence-corrected chi connectivity index (χ2v) is 4.82. The lowest BCUT2D eigenvalue weighted by Crippen LogP contribution is -2.25. The van der Waals surface area contributed by atoms with Crippen molar-refractivity contribution in [3.63, 3.8) is 0 Å². The van der Waals surface area contributed by atoms with Crippen LogP contribution in [0.15, 0.2) is 18.2 Å². The van der Waals surface area contributed by atoms with Crippen molar-refractivity contribution in [2.45, 2.75) is 32.9 Å². The summed E-state index contributed by atoms with van der Waals surface area (Å²) in [6.45, 7) is 5.32. The Labute approximate surface area is 116 Å². The van der Waals surface area contributed by atoms with E-state index in [9.17, 15) is 0 Å². The number of aliphatic hydroxyl groups excluding tert-OH is 1. The molecule has 0 aliphatic carbocycles. The molecule has 0 heterocycles. The van der Waals surface area contributed by atoms with E-state index >= 15 is 0 Å². The largest absolute Gasteiger partial charge is 0.495 e. The molecule has 0 radical (unpaired) electrons. The molecule has 0 fully saturated rings. The molecule has 0 unspecified atom stereocenters. The second kappa shape index (κ2) is 7.83. The lowest BCUT2D eigenvalue weighted by atomic mass is 10.1. The Morgan fingerprint density at radius 1 is 1.37 bits per heavy atom. The van der Waals surface area contributed by atoms with E-state index in [1.807, 2.05) is 6.07 Å². The lowest BCUT2D eigenvalue weighted by Gasteiger charge is -2.21. The van der Waals surface area contributed by atoms with Crippen LogP contribution in [0.3, 0.4) is 0 Å². The van der Waals surface area contributed by atoms with Crippen molar-refractivity contribution in [2.75, 3.05) is 20.8 Å². The summed E-state index contributed by atoms with van der Waals surface area (Å²) in [5.41, 5.74) is 2.09. The molecular weight excluding hydrogens is 238 g/mol. The molecule has 1 rings (SSSR count). The summed E-state index contributed by atoms with van der Waals surface area (Å²) in [6, 6.07) is 6.58. The minimum Gasteiger partial charge on any atom is -0.495 e. The van der Waals surface area contributed by atoms with E-state index in [1.165, 1.54) is 5.56 Å². The Bertz CT molecular complexity index is 458. The molecule has 3 heteroatoms. The first-order chi connectivity index (χ1) is 9.08. The van der Waals surface area contributed by atoms with E-state index in [1.54, 1.807) is 7.11 Å². The van der Waals surface area contributed by atoms with Crippen molar-refractivity contribution in [1.82, 2.24) is 4.90 Å². The quantitative estimate of drug-likeness (QED) is 0.825. The fourth-order valence-electron chi connectivity index (χ4n) is 1.64. The minimum atomic E-state index is 0.0884. The third-order valence-corrected chi connectivity index (χ3v) is 3.04. The van der Waals surface area contributed by atoms with E-state index < -0.39 is 0 Å². The third-order valence-electron chi connectivity index (χ3n) is 3.04. The van der Waals surface area contributed by atoms with Crippen molar-refractivity contribution < 1.29 is 9.84 Å². The molecular formula is C16H23NO2. The lowest BCUT2D eigenvalue weighted by molar-refractivity contribution is 0.265. The molecule has 0 amide bonds. The van der Waals surface area contributed by atoms with Gasteiger partial charge in [0.25, 0.3) is 0 Å². The van der Waals surface area contributed by atoms with Gasteiger partial charge in [0.2, 0.25) is 0 Å². The van der Waals surface area contributed by atoms with Crippen LogP contribution in [-0.2, 0) is 6.54 Å². The molecule has 0 aliphatic heterocycles. The van der Waals surface area contributed by atoms with Gasteiger partial charge in [0.05, 0.1) is 19.3 Å². The van der Waals surface area contributed by atoms with E-state index in [2.05, 4.69) is 49.8 Å². The molecule has 0 saturated heterocycles. The van der Waals surface area contributed by atoms with Gasteiger partial charge in [0.1, 0.15) is 5.75 Å². The van der Waals surface area contributed by atoms with Crippen molar-refractivity contribution >= 4 is 0 Å². The average Bonchev–Trinajstić information content (AvgIpc) is 2.39. The number of hydrogen-bond acceptors (Lipinski definition) is 3. The van der Waals surface area contributed by atoms with E-state index in [0.717, 1.165) is 17.9 Å². The highest BCUT2D eigenvalue weighted by atomic mass is 16.5. The number of ether oxygens (including phenoxy) is 1. The topological polar surface area (TPSA) is 32.7 Å².